The van der Waals surface area contributed by atoms with E-state index in [1.165, 1.54) is 12.1 Å². The number of carbonyl (C=O) groups excluding carboxylic acids is 1. The average Bonchev–Trinajstić information content (AvgIpc) is 2.68. The Kier molecular flexibility index (Phi) is 5.29. The number of anilines is 2. The number of nitrogens with one attached hydrogen (secondary N) is 2. The molecule has 26 heavy (non-hydrogen) atoms. The second-order valence-electron chi connectivity index (χ2n) is 5.72. The van der Waals surface area contributed by atoms with Gasteiger partial charge in [-0.25, -0.2) is 4.79 Å². The molecule has 0 unspecified atom stereocenters. The molecule has 0 atom stereocenters. The van der Waals surface area contributed by atoms with Gasteiger partial charge in [-0.3, -0.25) is 4.79 Å². The number of carboxylic acid groups (broad SMARTS) is 1. The van der Waals surface area contributed by atoms with Gasteiger partial charge in [-0.15, -0.1) is 0 Å². The maximum atomic E-state index is 12.6. The summed E-state index contributed by atoms with van der Waals surface area (Å²) in [6.07, 6.45) is 0. The molecule has 5 nitrogen and oxygen atoms in total. The van der Waals surface area contributed by atoms with Crippen LogP contribution in [-0.4, -0.2) is 17.0 Å². The van der Waals surface area contributed by atoms with E-state index in [1.54, 1.807) is 24.3 Å². The number of hydrogen-bond donors (Lipinski definition) is 3. The van der Waals surface area contributed by atoms with Crippen molar-refractivity contribution < 1.29 is 16.1 Å². The number of carboxylic acids is 1. The van der Waals surface area contributed by atoms with E-state index in [0.717, 1.165) is 11.3 Å². The van der Waals surface area contributed by atoms with Gasteiger partial charge in [0.1, 0.15) is 0 Å². The van der Waals surface area contributed by atoms with Gasteiger partial charge in [0.15, 0.2) is 0 Å². The van der Waals surface area contributed by atoms with Crippen molar-refractivity contribution in [2.24, 2.45) is 0 Å². The van der Waals surface area contributed by atoms with Crippen molar-refractivity contribution in [3.8, 4) is 0 Å². The highest BCUT2D eigenvalue weighted by atomic mass is 16.4. The second-order valence-corrected chi connectivity index (χ2v) is 5.72. The molecule has 0 aliphatic heterocycles. The lowest BCUT2D eigenvalue weighted by molar-refractivity contribution is 0.0696. The highest BCUT2D eigenvalue weighted by Gasteiger charge is 2.11. The second kappa shape index (κ2) is 7.98. The van der Waals surface area contributed by atoms with Crippen molar-refractivity contribution in [3.05, 3.63) is 95.6 Å². The van der Waals surface area contributed by atoms with Crippen LogP contribution in [0.2, 0.25) is 0 Å². The van der Waals surface area contributed by atoms with Gasteiger partial charge in [0.05, 0.1) is 11.1 Å². The quantitative estimate of drug-likeness (QED) is 0.613. The first-order valence-electron chi connectivity index (χ1n) is 8.15. The highest BCUT2D eigenvalue weighted by molar-refractivity contribution is 6.08. The first kappa shape index (κ1) is 17.2. The molecule has 0 aliphatic rings. The monoisotopic (exact) mass is 348 g/mol. The minimum Gasteiger partial charge on any atom is -0.478 e. The van der Waals surface area contributed by atoms with Crippen molar-refractivity contribution in [3.63, 3.8) is 0 Å². The molecule has 3 aromatic carbocycles. The number of amides is 1. The molecule has 0 aromatic heterocycles. The predicted molar refractivity (Wildman–Crippen MR) is 104 cm³/mol. The number of carbonyl (C=O) groups is 2. The third kappa shape index (κ3) is 4.27. The molecule has 0 radical (unpaired) electrons. The van der Waals surface area contributed by atoms with Crippen LogP contribution in [0.1, 0.15) is 27.7 Å². The number of para-hydroxylation sites is 1. The molecule has 132 valence electrons. The van der Waals surface area contributed by atoms with Crippen molar-refractivity contribution in [2.45, 2.75) is 6.54 Å². The summed E-state index contributed by atoms with van der Waals surface area (Å²) < 4.78 is 0. The Morgan fingerprint density at radius 2 is 1.50 bits per heavy atom. The molecule has 0 bridgehead atoms. The van der Waals surface area contributed by atoms with Crippen LogP contribution < -0.4 is 10.6 Å². The van der Waals surface area contributed by atoms with E-state index < -0.39 is 5.97 Å². The average molecular weight is 348 g/mol. The molecule has 5 heteroatoms. The molecular weight excluding hydrogens is 328 g/mol. The summed E-state index contributed by atoms with van der Waals surface area (Å²) in [5.41, 5.74) is 3.08. The standard InChI is InChI=1S/C21H18N2O3.H2/c24-20(23-17-12-10-16(11-13-17)21(25)26)18-8-4-5-9-19(18)22-14-15-6-2-1-3-7-15;/h1-13,22H,14H2,(H,23,24)(H,25,26);1H. The van der Waals surface area contributed by atoms with Crippen LogP contribution in [0, 0.1) is 0 Å². The normalized spacial score (nSPS) is 10.2. The molecule has 0 saturated carbocycles. The maximum absolute atomic E-state index is 12.6. The zero-order valence-electron chi connectivity index (χ0n) is 14.0. The Labute approximate surface area is 152 Å². The summed E-state index contributed by atoms with van der Waals surface area (Å²) in [5, 5.41) is 15.0. The maximum Gasteiger partial charge on any atom is 0.335 e. The number of benzene rings is 3. The Hall–Kier alpha value is -3.60. The van der Waals surface area contributed by atoms with Crippen molar-refractivity contribution >= 4 is 23.3 Å². The summed E-state index contributed by atoms with van der Waals surface area (Å²) in [6.45, 7) is 0.610. The van der Waals surface area contributed by atoms with Gasteiger partial charge in [-0.05, 0) is 42.0 Å². The molecule has 0 aliphatic carbocycles. The minimum absolute atomic E-state index is 0. The van der Waals surface area contributed by atoms with Crippen LogP contribution in [0.25, 0.3) is 0 Å². The van der Waals surface area contributed by atoms with Crippen molar-refractivity contribution in [1.29, 1.82) is 0 Å². The van der Waals surface area contributed by atoms with Crippen LogP contribution in [0.3, 0.4) is 0 Å². The van der Waals surface area contributed by atoms with Crippen LogP contribution in [-0.2, 0) is 6.54 Å². The summed E-state index contributed by atoms with van der Waals surface area (Å²) in [4.78, 5) is 23.5. The molecule has 0 heterocycles. The topological polar surface area (TPSA) is 78.4 Å². The summed E-state index contributed by atoms with van der Waals surface area (Å²) >= 11 is 0. The van der Waals surface area contributed by atoms with Gasteiger partial charge >= 0.3 is 5.97 Å². The van der Waals surface area contributed by atoms with E-state index in [1.807, 2.05) is 42.5 Å². The molecule has 0 spiro atoms. The largest absolute Gasteiger partial charge is 0.478 e. The van der Waals surface area contributed by atoms with Gasteiger partial charge in [-0.1, -0.05) is 42.5 Å². The molecule has 1 amide bonds. The van der Waals surface area contributed by atoms with E-state index in [2.05, 4.69) is 10.6 Å². The number of hydrogen-bond acceptors (Lipinski definition) is 3. The smallest absolute Gasteiger partial charge is 0.335 e. The third-order valence-corrected chi connectivity index (χ3v) is 3.89. The first-order valence-corrected chi connectivity index (χ1v) is 8.15. The van der Waals surface area contributed by atoms with Crippen molar-refractivity contribution in [2.75, 3.05) is 10.6 Å². The Morgan fingerprint density at radius 3 is 2.19 bits per heavy atom. The van der Waals surface area contributed by atoms with E-state index in [0.29, 0.717) is 17.8 Å². The fraction of sp³-hybridized carbons (Fsp3) is 0.0476. The van der Waals surface area contributed by atoms with E-state index in [4.69, 9.17) is 5.11 Å². The molecule has 3 aromatic rings. The zero-order valence-corrected chi connectivity index (χ0v) is 14.0. The van der Waals surface area contributed by atoms with Crippen LogP contribution in [0.4, 0.5) is 11.4 Å². The van der Waals surface area contributed by atoms with E-state index in [-0.39, 0.29) is 12.9 Å². The van der Waals surface area contributed by atoms with Crippen LogP contribution >= 0.6 is 0 Å². The summed E-state index contributed by atoms with van der Waals surface area (Å²) in [7, 11) is 0. The van der Waals surface area contributed by atoms with Gasteiger partial charge in [0.25, 0.3) is 5.91 Å². The Morgan fingerprint density at radius 1 is 0.846 bits per heavy atom. The fourth-order valence-electron chi connectivity index (χ4n) is 2.52. The van der Waals surface area contributed by atoms with Crippen LogP contribution in [0.5, 0.6) is 0 Å². The number of rotatable bonds is 6. The first-order chi connectivity index (χ1) is 12.6. The molecule has 3 rings (SSSR count). The Balaban J connectivity index is 0.00000261. The molecule has 0 saturated heterocycles. The Bertz CT molecular complexity index is 912. The molecule has 3 N–H and O–H groups in total. The summed E-state index contributed by atoms with van der Waals surface area (Å²) in [5.74, 6) is -1.26. The zero-order chi connectivity index (χ0) is 18.4. The lowest BCUT2D eigenvalue weighted by Gasteiger charge is -2.12. The minimum atomic E-state index is -1.00. The van der Waals surface area contributed by atoms with Gasteiger partial charge in [-0.2, -0.15) is 0 Å². The van der Waals surface area contributed by atoms with Gasteiger partial charge in [0.2, 0.25) is 0 Å². The predicted octanol–water partition coefficient (Wildman–Crippen LogP) is 4.50. The molecule has 0 fully saturated rings. The van der Waals surface area contributed by atoms with E-state index in [9.17, 15) is 9.59 Å². The SMILES string of the molecule is O=C(O)c1ccc(NC(=O)c2ccccc2NCc2ccccc2)cc1.[HH]. The lowest BCUT2D eigenvalue weighted by atomic mass is 10.1. The fourth-order valence-corrected chi connectivity index (χ4v) is 2.52. The van der Waals surface area contributed by atoms with Crippen LogP contribution in [0.15, 0.2) is 78.9 Å². The van der Waals surface area contributed by atoms with Crippen molar-refractivity contribution in [1.82, 2.24) is 0 Å². The van der Waals surface area contributed by atoms with Gasteiger partial charge < -0.3 is 15.7 Å². The third-order valence-electron chi connectivity index (χ3n) is 3.89. The summed E-state index contributed by atoms with van der Waals surface area (Å²) in [6, 6.07) is 23.2. The highest BCUT2D eigenvalue weighted by Crippen LogP contribution is 2.19. The number of aromatic carboxylic acids is 1. The van der Waals surface area contributed by atoms with E-state index >= 15 is 0 Å². The molecular formula is C21H20N2O3. The van der Waals surface area contributed by atoms with Gasteiger partial charge in [0, 0.05) is 19.3 Å². The lowest BCUT2D eigenvalue weighted by Crippen LogP contribution is -2.15.